The first-order chi connectivity index (χ1) is 10.9. The molecule has 0 saturated carbocycles. The molecule has 2 rings (SSSR count). The molecule has 124 valence electrons. The number of benzene rings is 2. The number of hydrogen-bond acceptors (Lipinski definition) is 3. The molecule has 2 aromatic rings. The van der Waals surface area contributed by atoms with Crippen LogP contribution < -0.4 is 15.2 Å². The van der Waals surface area contributed by atoms with Gasteiger partial charge in [0.1, 0.15) is 18.2 Å². The van der Waals surface area contributed by atoms with Crippen molar-refractivity contribution in [2.24, 2.45) is 11.7 Å². The van der Waals surface area contributed by atoms with Crippen molar-refractivity contribution < 1.29 is 13.9 Å². The Morgan fingerprint density at radius 2 is 1.91 bits per heavy atom. The molecule has 0 heterocycles. The van der Waals surface area contributed by atoms with Gasteiger partial charge in [0.2, 0.25) is 0 Å². The van der Waals surface area contributed by atoms with Crippen molar-refractivity contribution in [3.63, 3.8) is 0 Å². The van der Waals surface area contributed by atoms with Crippen molar-refractivity contribution in [3.05, 3.63) is 53.3 Å². The van der Waals surface area contributed by atoms with Gasteiger partial charge in [-0.15, -0.1) is 0 Å². The largest absolute Gasteiger partial charge is 0.488 e. The number of nitrogens with two attached hydrogens (primary N) is 1. The predicted octanol–water partition coefficient (Wildman–Crippen LogP) is 5.02. The van der Waals surface area contributed by atoms with E-state index < -0.39 is 5.82 Å². The van der Waals surface area contributed by atoms with E-state index in [0.717, 1.165) is 6.42 Å². The molecule has 0 aliphatic carbocycles. The second kappa shape index (κ2) is 8.18. The van der Waals surface area contributed by atoms with Crippen LogP contribution >= 0.6 is 11.6 Å². The van der Waals surface area contributed by atoms with E-state index in [-0.39, 0.29) is 6.04 Å². The summed E-state index contributed by atoms with van der Waals surface area (Å²) in [7, 11) is 0. The summed E-state index contributed by atoms with van der Waals surface area (Å²) in [6.07, 6.45) is 0.853. The Morgan fingerprint density at radius 1 is 1.13 bits per heavy atom. The molecule has 3 nitrogen and oxygen atoms in total. The Bertz CT molecular complexity index is 649. The molecule has 0 aliphatic heterocycles. The fraction of sp³-hybridized carbons (Fsp3) is 0.333. The first-order valence-electron chi connectivity index (χ1n) is 7.55. The summed E-state index contributed by atoms with van der Waals surface area (Å²) in [6, 6.07) is 11.0. The Balaban J connectivity index is 2.11. The van der Waals surface area contributed by atoms with Crippen molar-refractivity contribution in [2.45, 2.75) is 26.3 Å². The van der Waals surface area contributed by atoms with Crippen LogP contribution in [0.15, 0.2) is 42.5 Å². The smallest absolute Gasteiger partial charge is 0.172 e. The van der Waals surface area contributed by atoms with E-state index in [2.05, 4.69) is 13.8 Å². The number of halogens is 2. The summed E-state index contributed by atoms with van der Waals surface area (Å²) in [5.41, 5.74) is 6.02. The second-order valence-corrected chi connectivity index (χ2v) is 6.29. The van der Waals surface area contributed by atoms with Crippen LogP contribution in [-0.2, 0) is 0 Å². The van der Waals surface area contributed by atoms with Crippen LogP contribution in [0.25, 0.3) is 0 Å². The molecule has 0 spiro atoms. The third-order valence-electron chi connectivity index (χ3n) is 3.16. The highest BCUT2D eigenvalue weighted by Crippen LogP contribution is 2.33. The van der Waals surface area contributed by atoms with Crippen LogP contribution in [-0.4, -0.2) is 12.6 Å². The maximum atomic E-state index is 13.5. The lowest BCUT2D eigenvalue weighted by Gasteiger charge is -2.17. The molecule has 0 radical (unpaired) electrons. The molecule has 0 fully saturated rings. The molecular formula is C18H21ClFNO2. The molecular weight excluding hydrogens is 317 g/mol. The summed E-state index contributed by atoms with van der Waals surface area (Å²) in [4.78, 5) is 0. The summed E-state index contributed by atoms with van der Waals surface area (Å²) in [6.45, 7) is 4.55. The Morgan fingerprint density at radius 3 is 2.61 bits per heavy atom. The zero-order valence-corrected chi connectivity index (χ0v) is 14.0. The number of rotatable bonds is 7. The Kier molecular flexibility index (Phi) is 6.25. The number of hydrogen-bond donors (Lipinski definition) is 1. The van der Waals surface area contributed by atoms with E-state index in [9.17, 15) is 4.39 Å². The molecule has 0 saturated heterocycles. The molecule has 2 aromatic carbocycles. The highest BCUT2D eigenvalue weighted by molar-refractivity contribution is 6.30. The minimum Gasteiger partial charge on any atom is -0.488 e. The molecule has 2 N–H and O–H groups in total. The quantitative estimate of drug-likeness (QED) is 0.771. The van der Waals surface area contributed by atoms with Gasteiger partial charge in [0.05, 0.1) is 0 Å². The maximum absolute atomic E-state index is 13.5. The van der Waals surface area contributed by atoms with Gasteiger partial charge in [0.15, 0.2) is 11.5 Å². The molecule has 1 atom stereocenters. The second-order valence-electron chi connectivity index (χ2n) is 5.85. The first kappa shape index (κ1) is 17.6. The van der Waals surface area contributed by atoms with E-state index in [0.29, 0.717) is 34.8 Å². The minimum absolute atomic E-state index is 0.0842. The topological polar surface area (TPSA) is 44.5 Å². The normalized spacial score (nSPS) is 12.3. The van der Waals surface area contributed by atoms with Gasteiger partial charge in [0, 0.05) is 17.1 Å². The summed E-state index contributed by atoms with van der Waals surface area (Å²) in [5.74, 6) is 1.35. The van der Waals surface area contributed by atoms with Crippen LogP contribution in [0.5, 0.6) is 17.2 Å². The van der Waals surface area contributed by atoms with E-state index >= 15 is 0 Å². The van der Waals surface area contributed by atoms with Crippen LogP contribution in [0.2, 0.25) is 5.02 Å². The lowest BCUT2D eigenvalue weighted by Crippen LogP contribution is -2.29. The maximum Gasteiger partial charge on any atom is 0.172 e. The predicted molar refractivity (Wildman–Crippen MR) is 90.9 cm³/mol. The van der Waals surface area contributed by atoms with Gasteiger partial charge < -0.3 is 15.2 Å². The van der Waals surface area contributed by atoms with Gasteiger partial charge >= 0.3 is 0 Å². The summed E-state index contributed by atoms with van der Waals surface area (Å²) in [5, 5.41) is 0.542. The van der Waals surface area contributed by atoms with Gasteiger partial charge in [-0.25, -0.2) is 4.39 Å². The van der Waals surface area contributed by atoms with Crippen molar-refractivity contribution in [1.29, 1.82) is 0 Å². The van der Waals surface area contributed by atoms with E-state index in [1.165, 1.54) is 18.2 Å². The molecule has 0 aliphatic rings. The SMILES string of the molecule is CC(C)C[C@H](N)COc1ccc(F)cc1Oc1cccc(Cl)c1. The fourth-order valence-electron chi connectivity index (χ4n) is 2.21. The van der Waals surface area contributed by atoms with Crippen LogP contribution in [0.1, 0.15) is 20.3 Å². The van der Waals surface area contributed by atoms with E-state index in [4.69, 9.17) is 26.8 Å². The minimum atomic E-state index is -0.402. The van der Waals surface area contributed by atoms with Crippen molar-refractivity contribution in [1.82, 2.24) is 0 Å². The molecule has 0 aromatic heterocycles. The monoisotopic (exact) mass is 337 g/mol. The molecule has 23 heavy (non-hydrogen) atoms. The van der Waals surface area contributed by atoms with Gasteiger partial charge in [0.25, 0.3) is 0 Å². The van der Waals surface area contributed by atoms with Crippen LogP contribution in [0.3, 0.4) is 0 Å². The van der Waals surface area contributed by atoms with Crippen molar-refractivity contribution in [2.75, 3.05) is 6.61 Å². The van der Waals surface area contributed by atoms with Gasteiger partial charge in [-0.3, -0.25) is 0 Å². The van der Waals surface area contributed by atoms with Gasteiger partial charge in [-0.1, -0.05) is 31.5 Å². The van der Waals surface area contributed by atoms with E-state index in [1.54, 1.807) is 24.3 Å². The molecule has 0 unspecified atom stereocenters. The standard InChI is InChI=1S/C18H21ClFNO2/c1-12(2)8-15(21)11-22-17-7-6-14(20)10-18(17)23-16-5-3-4-13(19)9-16/h3-7,9-10,12,15H,8,11,21H2,1-2H3/t15-/m0/s1. The zero-order chi connectivity index (χ0) is 16.8. The fourth-order valence-corrected chi connectivity index (χ4v) is 2.39. The van der Waals surface area contributed by atoms with Crippen molar-refractivity contribution >= 4 is 11.6 Å². The van der Waals surface area contributed by atoms with E-state index in [1.807, 2.05) is 0 Å². The third-order valence-corrected chi connectivity index (χ3v) is 3.39. The first-order valence-corrected chi connectivity index (χ1v) is 7.93. The van der Waals surface area contributed by atoms with Crippen LogP contribution in [0, 0.1) is 11.7 Å². The third kappa shape index (κ3) is 5.73. The average Bonchev–Trinajstić information content (AvgIpc) is 2.45. The molecule has 0 amide bonds. The Hall–Kier alpha value is -1.78. The van der Waals surface area contributed by atoms with Gasteiger partial charge in [-0.05, 0) is 42.7 Å². The number of ether oxygens (including phenoxy) is 2. The van der Waals surface area contributed by atoms with Gasteiger partial charge in [-0.2, -0.15) is 0 Å². The Labute approximate surface area is 141 Å². The highest BCUT2D eigenvalue weighted by atomic mass is 35.5. The van der Waals surface area contributed by atoms with Crippen LogP contribution in [0.4, 0.5) is 4.39 Å². The van der Waals surface area contributed by atoms with Crippen molar-refractivity contribution in [3.8, 4) is 17.2 Å². The molecule has 5 heteroatoms. The summed E-state index contributed by atoms with van der Waals surface area (Å²) < 4.78 is 24.9. The summed E-state index contributed by atoms with van der Waals surface area (Å²) >= 11 is 5.93. The molecule has 0 bridgehead atoms. The zero-order valence-electron chi connectivity index (χ0n) is 13.3. The highest BCUT2D eigenvalue weighted by Gasteiger charge is 2.12. The lowest BCUT2D eigenvalue weighted by atomic mass is 10.1. The lowest BCUT2D eigenvalue weighted by molar-refractivity contribution is 0.261. The average molecular weight is 338 g/mol.